The quantitative estimate of drug-likeness (QED) is 0.586. The number of rotatable bonds is 5. The van der Waals surface area contributed by atoms with Gasteiger partial charge in [0, 0.05) is 6.20 Å². The minimum absolute atomic E-state index is 0.565. The Balaban J connectivity index is 4.10. The molecule has 0 rings (SSSR count). The SMILES string of the molecule is CC\C=C/N=C(Cl)/C=C(\C)CCC. The smallest absolute Gasteiger partial charge is 0.128 e. The molecule has 0 aliphatic carbocycles. The fourth-order valence-electron chi connectivity index (χ4n) is 0.936. The first-order valence-corrected chi connectivity index (χ1v) is 5.14. The van der Waals surface area contributed by atoms with E-state index in [-0.39, 0.29) is 0 Å². The highest BCUT2D eigenvalue weighted by Gasteiger charge is 1.89. The lowest BCUT2D eigenvalue weighted by atomic mass is 10.2. The monoisotopic (exact) mass is 199 g/mol. The van der Waals surface area contributed by atoms with Gasteiger partial charge in [-0.1, -0.05) is 43.5 Å². The van der Waals surface area contributed by atoms with Gasteiger partial charge in [0.25, 0.3) is 0 Å². The van der Waals surface area contributed by atoms with E-state index in [1.54, 1.807) is 6.20 Å². The molecule has 74 valence electrons. The van der Waals surface area contributed by atoms with Crippen molar-refractivity contribution in [3.8, 4) is 0 Å². The van der Waals surface area contributed by atoms with E-state index in [1.165, 1.54) is 5.57 Å². The van der Waals surface area contributed by atoms with E-state index >= 15 is 0 Å². The second kappa shape index (κ2) is 8.06. The van der Waals surface area contributed by atoms with E-state index in [1.807, 2.05) is 12.2 Å². The maximum Gasteiger partial charge on any atom is 0.128 e. The minimum Gasteiger partial charge on any atom is -0.245 e. The Hall–Kier alpha value is -0.560. The molecular weight excluding hydrogens is 182 g/mol. The number of aliphatic imine (C=N–C) groups is 1. The first kappa shape index (κ1) is 12.4. The van der Waals surface area contributed by atoms with Crippen LogP contribution < -0.4 is 0 Å². The van der Waals surface area contributed by atoms with Crippen LogP contribution in [0.15, 0.2) is 28.9 Å². The molecule has 0 N–H and O–H groups in total. The van der Waals surface area contributed by atoms with Crippen molar-refractivity contribution >= 4 is 16.8 Å². The summed E-state index contributed by atoms with van der Waals surface area (Å²) < 4.78 is 0. The van der Waals surface area contributed by atoms with E-state index in [2.05, 4.69) is 25.8 Å². The van der Waals surface area contributed by atoms with Crippen LogP contribution in [-0.2, 0) is 0 Å². The summed E-state index contributed by atoms with van der Waals surface area (Å²) in [6.45, 7) is 6.29. The fourth-order valence-corrected chi connectivity index (χ4v) is 1.18. The zero-order valence-electron chi connectivity index (χ0n) is 8.68. The van der Waals surface area contributed by atoms with Crippen LogP contribution in [0.5, 0.6) is 0 Å². The third-order valence-corrected chi connectivity index (χ3v) is 1.76. The molecular formula is C11H18ClN. The molecule has 0 aromatic heterocycles. The van der Waals surface area contributed by atoms with Gasteiger partial charge in [0.2, 0.25) is 0 Å². The topological polar surface area (TPSA) is 12.4 Å². The molecule has 0 saturated heterocycles. The number of halogens is 1. The summed E-state index contributed by atoms with van der Waals surface area (Å²) in [6, 6.07) is 0. The Labute approximate surface area is 86.2 Å². The van der Waals surface area contributed by atoms with E-state index < -0.39 is 0 Å². The molecule has 0 heterocycles. The largest absolute Gasteiger partial charge is 0.245 e. The van der Waals surface area contributed by atoms with Gasteiger partial charge >= 0.3 is 0 Å². The summed E-state index contributed by atoms with van der Waals surface area (Å²) in [5.41, 5.74) is 1.28. The van der Waals surface area contributed by atoms with Gasteiger partial charge in [0.05, 0.1) is 0 Å². The molecule has 0 aromatic carbocycles. The molecule has 0 atom stereocenters. The molecule has 0 saturated carbocycles. The number of nitrogens with zero attached hydrogens (tertiary/aromatic N) is 1. The molecule has 0 radical (unpaired) electrons. The minimum atomic E-state index is 0.565. The van der Waals surface area contributed by atoms with Crippen molar-refractivity contribution in [3.63, 3.8) is 0 Å². The highest BCUT2D eigenvalue weighted by atomic mass is 35.5. The van der Waals surface area contributed by atoms with Gasteiger partial charge in [0.15, 0.2) is 0 Å². The molecule has 13 heavy (non-hydrogen) atoms. The van der Waals surface area contributed by atoms with Crippen LogP contribution in [0.25, 0.3) is 0 Å². The molecule has 0 bridgehead atoms. The predicted molar refractivity (Wildman–Crippen MR) is 61.4 cm³/mol. The Kier molecular flexibility index (Phi) is 7.71. The molecule has 0 spiro atoms. The maximum atomic E-state index is 5.87. The Bertz CT molecular complexity index is 214. The molecule has 2 heteroatoms. The van der Waals surface area contributed by atoms with E-state index in [9.17, 15) is 0 Å². The summed E-state index contributed by atoms with van der Waals surface area (Å²) in [7, 11) is 0. The van der Waals surface area contributed by atoms with Crippen LogP contribution in [0.4, 0.5) is 0 Å². The Morgan fingerprint density at radius 3 is 2.62 bits per heavy atom. The van der Waals surface area contributed by atoms with Crippen molar-refractivity contribution in [3.05, 3.63) is 23.9 Å². The fraction of sp³-hybridized carbons (Fsp3) is 0.545. The molecule has 0 aromatic rings. The highest BCUT2D eigenvalue weighted by molar-refractivity contribution is 6.68. The van der Waals surface area contributed by atoms with Gasteiger partial charge in [0.1, 0.15) is 5.17 Å². The van der Waals surface area contributed by atoms with Crippen molar-refractivity contribution in [2.45, 2.75) is 40.0 Å². The average Bonchev–Trinajstić information content (AvgIpc) is 2.05. The Morgan fingerprint density at radius 2 is 2.08 bits per heavy atom. The average molecular weight is 200 g/mol. The highest BCUT2D eigenvalue weighted by Crippen LogP contribution is 2.04. The third kappa shape index (κ3) is 7.79. The standard InChI is InChI=1S/C11H18ClN/c1-4-6-8-13-11(12)9-10(3)7-5-2/h6,8-9H,4-5,7H2,1-3H3/b8-6-,10-9+,13-11-. The second-order valence-electron chi connectivity index (χ2n) is 2.99. The van der Waals surface area contributed by atoms with Gasteiger partial charge < -0.3 is 0 Å². The zero-order valence-corrected chi connectivity index (χ0v) is 9.43. The predicted octanol–water partition coefficient (Wildman–Crippen LogP) is 4.29. The summed E-state index contributed by atoms with van der Waals surface area (Å²) in [4.78, 5) is 4.06. The normalized spacial score (nSPS) is 14.2. The summed E-state index contributed by atoms with van der Waals surface area (Å²) in [5, 5.41) is 0.565. The van der Waals surface area contributed by atoms with Crippen molar-refractivity contribution in [2.24, 2.45) is 4.99 Å². The second-order valence-corrected chi connectivity index (χ2v) is 3.37. The maximum absolute atomic E-state index is 5.87. The third-order valence-electron chi connectivity index (χ3n) is 1.55. The van der Waals surface area contributed by atoms with Crippen LogP contribution in [0.2, 0.25) is 0 Å². The number of hydrogen-bond acceptors (Lipinski definition) is 1. The van der Waals surface area contributed by atoms with Crippen molar-refractivity contribution in [2.75, 3.05) is 0 Å². The van der Waals surface area contributed by atoms with Gasteiger partial charge in [-0.15, -0.1) is 0 Å². The lowest BCUT2D eigenvalue weighted by molar-refractivity contribution is 0.907. The molecule has 0 aliphatic heterocycles. The van der Waals surface area contributed by atoms with Gasteiger partial charge in [-0.3, -0.25) is 0 Å². The zero-order chi connectivity index (χ0) is 10.1. The summed E-state index contributed by atoms with van der Waals surface area (Å²) in [6.07, 6.45) is 8.88. The molecule has 0 aliphatic rings. The van der Waals surface area contributed by atoms with Gasteiger partial charge in [-0.25, -0.2) is 4.99 Å². The molecule has 1 nitrogen and oxygen atoms in total. The summed E-state index contributed by atoms with van der Waals surface area (Å²) in [5.74, 6) is 0. The van der Waals surface area contributed by atoms with Crippen molar-refractivity contribution in [1.82, 2.24) is 0 Å². The van der Waals surface area contributed by atoms with Crippen molar-refractivity contribution < 1.29 is 0 Å². The lowest BCUT2D eigenvalue weighted by Gasteiger charge is -1.95. The van der Waals surface area contributed by atoms with E-state index in [4.69, 9.17) is 11.6 Å². The molecule has 0 fully saturated rings. The summed E-state index contributed by atoms with van der Waals surface area (Å²) >= 11 is 5.87. The number of allylic oxidation sites excluding steroid dienone is 3. The van der Waals surface area contributed by atoms with E-state index in [0.717, 1.165) is 19.3 Å². The molecule has 0 amide bonds. The van der Waals surface area contributed by atoms with Crippen LogP contribution in [0.1, 0.15) is 40.0 Å². The van der Waals surface area contributed by atoms with Crippen molar-refractivity contribution in [1.29, 1.82) is 0 Å². The first-order valence-electron chi connectivity index (χ1n) is 4.76. The lowest BCUT2D eigenvalue weighted by Crippen LogP contribution is -1.83. The first-order chi connectivity index (χ1) is 6.20. The molecule has 0 unspecified atom stereocenters. The number of hydrogen-bond donors (Lipinski definition) is 0. The van der Waals surface area contributed by atoms with Crippen LogP contribution >= 0.6 is 11.6 Å². The van der Waals surface area contributed by atoms with Crippen LogP contribution in [-0.4, -0.2) is 5.17 Å². The van der Waals surface area contributed by atoms with E-state index in [0.29, 0.717) is 5.17 Å². The van der Waals surface area contributed by atoms with Gasteiger partial charge in [-0.2, -0.15) is 0 Å². The Morgan fingerprint density at radius 1 is 1.38 bits per heavy atom. The van der Waals surface area contributed by atoms with Crippen LogP contribution in [0.3, 0.4) is 0 Å². The van der Waals surface area contributed by atoms with Crippen LogP contribution in [0, 0.1) is 0 Å². The van der Waals surface area contributed by atoms with Gasteiger partial charge in [-0.05, 0) is 25.8 Å².